The van der Waals surface area contributed by atoms with E-state index in [9.17, 15) is 19.5 Å². The normalized spacial score (nSPS) is 12.7. The lowest BCUT2D eigenvalue weighted by molar-refractivity contribution is -0.141. The van der Waals surface area contributed by atoms with E-state index in [2.05, 4.69) is 20.6 Å². The van der Waals surface area contributed by atoms with Gasteiger partial charge in [0.1, 0.15) is 6.04 Å². The first-order chi connectivity index (χ1) is 14.3. The number of aliphatic imine (C=N–C) groups is 1. The molecule has 2 aromatic rings. The molecule has 30 heavy (non-hydrogen) atoms. The van der Waals surface area contributed by atoms with Crippen LogP contribution in [0.25, 0.3) is 10.9 Å². The second-order valence-electron chi connectivity index (χ2n) is 6.80. The van der Waals surface area contributed by atoms with E-state index >= 15 is 0 Å². The summed E-state index contributed by atoms with van der Waals surface area (Å²) in [6.45, 7) is -0.125. The second-order valence-corrected chi connectivity index (χ2v) is 6.80. The Morgan fingerprint density at radius 2 is 1.93 bits per heavy atom. The summed E-state index contributed by atoms with van der Waals surface area (Å²) in [5.74, 6) is -2.40. The lowest BCUT2D eigenvalue weighted by Crippen LogP contribution is -2.49. The highest BCUT2D eigenvalue weighted by Gasteiger charge is 2.21. The third-order valence-electron chi connectivity index (χ3n) is 4.45. The molecule has 0 aliphatic rings. The van der Waals surface area contributed by atoms with Crippen LogP contribution in [0, 0.1) is 0 Å². The number of H-pyrrole nitrogens is 1. The molecule has 1 aromatic carbocycles. The fourth-order valence-corrected chi connectivity index (χ4v) is 2.93. The van der Waals surface area contributed by atoms with Gasteiger partial charge in [-0.15, -0.1) is 0 Å². The summed E-state index contributed by atoms with van der Waals surface area (Å²) in [6.07, 6.45) is 2.60. The van der Waals surface area contributed by atoms with Gasteiger partial charge in [-0.3, -0.25) is 14.6 Å². The number of nitrogens with zero attached hydrogens (tertiary/aromatic N) is 1. The average molecular weight is 417 g/mol. The summed E-state index contributed by atoms with van der Waals surface area (Å²) in [4.78, 5) is 42.4. The number of carbonyl (C=O) groups excluding carboxylic acids is 2. The van der Waals surface area contributed by atoms with Crippen LogP contribution in [0.2, 0.25) is 0 Å². The van der Waals surface area contributed by atoms with Gasteiger partial charge in [0.2, 0.25) is 11.8 Å². The maximum absolute atomic E-state index is 12.2. The standard InChI is InChI=1S/C19H27N7O4/c20-13(8-11-9-24-14-5-2-1-4-12(11)14)17(28)25-10-16(27)26-15(18(29)30)6-3-7-23-19(21)22/h1-2,4-5,9,13,15,24H,3,6-8,10,20H2,(H,25,28)(H,26,27)(H,29,30)(H4,21,22,23). The number of aromatic amines is 1. The number of nitrogens with one attached hydrogen (secondary N) is 3. The quantitative estimate of drug-likeness (QED) is 0.135. The van der Waals surface area contributed by atoms with Gasteiger partial charge in [-0.1, -0.05) is 18.2 Å². The molecular formula is C19H27N7O4. The monoisotopic (exact) mass is 417 g/mol. The zero-order valence-corrected chi connectivity index (χ0v) is 16.4. The molecule has 0 aliphatic carbocycles. The molecule has 10 N–H and O–H groups in total. The number of hydrogen-bond acceptors (Lipinski definition) is 5. The fourth-order valence-electron chi connectivity index (χ4n) is 2.93. The lowest BCUT2D eigenvalue weighted by Gasteiger charge is -2.15. The molecule has 0 aliphatic heterocycles. The Balaban J connectivity index is 1.80. The summed E-state index contributed by atoms with van der Waals surface area (Å²) in [5, 5.41) is 15.0. The number of carboxylic acids is 1. The number of guanidine groups is 1. The molecule has 2 atom stereocenters. The fraction of sp³-hybridized carbons (Fsp3) is 0.368. The number of benzene rings is 1. The van der Waals surface area contributed by atoms with E-state index in [1.807, 2.05) is 24.3 Å². The first-order valence-electron chi connectivity index (χ1n) is 9.43. The zero-order valence-electron chi connectivity index (χ0n) is 16.4. The molecule has 1 aromatic heterocycles. The number of nitrogens with two attached hydrogens (primary N) is 3. The van der Waals surface area contributed by atoms with E-state index in [1.165, 1.54) is 0 Å². The molecule has 11 nitrogen and oxygen atoms in total. The number of carbonyl (C=O) groups is 3. The minimum absolute atomic E-state index is 0.0856. The van der Waals surface area contributed by atoms with Crippen molar-refractivity contribution in [1.82, 2.24) is 15.6 Å². The molecule has 0 bridgehead atoms. The summed E-state index contributed by atoms with van der Waals surface area (Å²) in [7, 11) is 0. The van der Waals surface area contributed by atoms with Crippen LogP contribution in [-0.4, -0.2) is 59.0 Å². The molecule has 0 spiro atoms. The summed E-state index contributed by atoms with van der Waals surface area (Å²) in [6, 6.07) is 5.68. The third-order valence-corrected chi connectivity index (χ3v) is 4.45. The van der Waals surface area contributed by atoms with Gasteiger partial charge in [0, 0.05) is 23.6 Å². The van der Waals surface area contributed by atoms with E-state index in [-0.39, 0.29) is 25.5 Å². The maximum atomic E-state index is 12.2. The van der Waals surface area contributed by atoms with Crippen molar-refractivity contribution < 1.29 is 19.5 Å². The summed E-state index contributed by atoms with van der Waals surface area (Å²) in [5.41, 5.74) is 18.2. The van der Waals surface area contributed by atoms with Crippen molar-refractivity contribution in [2.24, 2.45) is 22.2 Å². The SMILES string of the molecule is NC(N)=NCCCC(NC(=O)CNC(=O)C(N)Cc1c[nH]c2ccccc12)C(=O)O. The van der Waals surface area contributed by atoms with Crippen LogP contribution in [0.3, 0.4) is 0 Å². The van der Waals surface area contributed by atoms with Gasteiger partial charge in [0.25, 0.3) is 0 Å². The largest absolute Gasteiger partial charge is 0.480 e. The minimum atomic E-state index is -1.18. The maximum Gasteiger partial charge on any atom is 0.326 e. The van der Waals surface area contributed by atoms with Gasteiger partial charge in [-0.2, -0.15) is 0 Å². The van der Waals surface area contributed by atoms with Crippen molar-refractivity contribution in [1.29, 1.82) is 0 Å². The predicted octanol–water partition coefficient (Wildman–Crippen LogP) is -1.22. The van der Waals surface area contributed by atoms with Crippen molar-refractivity contribution >= 4 is 34.6 Å². The molecule has 162 valence electrons. The van der Waals surface area contributed by atoms with Crippen LogP contribution in [0.1, 0.15) is 18.4 Å². The van der Waals surface area contributed by atoms with Gasteiger partial charge in [0.05, 0.1) is 12.6 Å². The third kappa shape index (κ3) is 6.78. The number of hydrogen-bond donors (Lipinski definition) is 7. The molecule has 1 heterocycles. The van der Waals surface area contributed by atoms with Gasteiger partial charge < -0.3 is 37.9 Å². The van der Waals surface area contributed by atoms with E-state index in [0.717, 1.165) is 16.5 Å². The first kappa shape index (κ1) is 22.7. The van der Waals surface area contributed by atoms with Gasteiger partial charge >= 0.3 is 5.97 Å². The van der Waals surface area contributed by atoms with Crippen molar-refractivity contribution in [2.75, 3.05) is 13.1 Å². The van der Waals surface area contributed by atoms with Crippen molar-refractivity contribution in [3.8, 4) is 0 Å². The number of para-hydroxylation sites is 1. The van der Waals surface area contributed by atoms with Crippen LogP contribution in [-0.2, 0) is 20.8 Å². The minimum Gasteiger partial charge on any atom is -0.480 e. The summed E-state index contributed by atoms with van der Waals surface area (Å²) >= 11 is 0. The second kappa shape index (κ2) is 10.8. The highest BCUT2D eigenvalue weighted by molar-refractivity contribution is 5.90. The zero-order chi connectivity index (χ0) is 22.1. The number of rotatable bonds is 11. The van der Waals surface area contributed by atoms with Crippen molar-refractivity contribution in [3.63, 3.8) is 0 Å². The molecule has 0 saturated heterocycles. The van der Waals surface area contributed by atoms with Crippen LogP contribution >= 0.6 is 0 Å². The molecule has 2 unspecified atom stereocenters. The highest BCUT2D eigenvalue weighted by atomic mass is 16.4. The first-order valence-corrected chi connectivity index (χ1v) is 9.43. The summed E-state index contributed by atoms with van der Waals surface area (Å²) < 4.78 is 0. The molecule has 0 fully saturated rings. The Bertz CT molecular complexity index is 920. The topological polar surface area (TPSA) is 202 Å². The number of amides is 2. The van der Waals surface area contributed by atoms with E-state index in [1.54, 1.807) is 6.20 Å². The Morgan fingerprint density at radius 1 is 1.20 bits per heavy atom. The highest BCUT2D eigenvalue weighted by Crippen LogP contribution is 2.18. The Labute approximate surface area is 173 Å². The predicted molar refractivity (Wildman–Crippen MR) is 112 cm³/mol. The molecule has 0 saturated carbocycles. The molecular weight excluding hydrogens is 390 g/mol. The molecule has 2 amide bonds. The van der Waals surface area contributed by atoms with Gasteiger partial charge in [-0.05, 0) is 30.9 Å². The van der Waals surface area contributed by atoms with Crippen molar-refractivity contribution in [2.45, 2.75) is 31.3 Å². The van der Waals surface area contributed by atoms with E-state index < -0.39 is 29.9 Å². The van der Waals surface area contributed by atoms with Gasteiger partial charge in [0.15, 0.2) is 5.96 Å². The smallest absolute Gasteiger partial charge is 0.326 e. The van der Waals surface area contributed by atoms with Crippen molar-refractivity contribution in [3.05, 3.63) is 36.0 Å². The van der Waals surface area contributed by atoms with Crippen LogP contribution in [0.4, 0.5) is 0 Å². The molecule has 0 radical (unpaired) electrons. The van der Waals surface area contributed by atoms with E-state index in [0.29, 0.717) is 12.8 Å². The number of aliphatic carboxylic acids is 1. The van der Waals surface area contributed by atoms with Crippen LogP contribution < -0.4 is 27.8 Å². The van der Waals surface area contributed by atoms with Crippen LogP contribution in [0.5, 0.6) is 0 Å². The Hall–Kier alpha value is -3.60. The number of fused-ring (bicyclic) bond motifs is 1. The Morgan fingerprint density at radius 3 is 2.63 bits per heavy atom. The Kier molecular flexibility index (Phi) is 8.18. The number of carboxylic acid groups (broad SMARTS) is 1. The number of aromatic nitrogens is 1. The molecule has 11 heteroatoms. The van der Waals surface area contributed by atoms with Crippen LogP contribution in [0.15, 0.2) is 35.5 Å². The van der Waals surface area contributed by atoms with Gasteiger partial charge in [-0.25, -0.2) is 4.79 Å². The average Bonchev–Trinajstić information content (AvgIpc) is 3.11. The van der Waals surface area contributed by atoms with E-state index in [4.69, 9.17) is 17.2 Å². The molecule has 2 rings (SSSR count). The lowest BCUT2D eigenvalue weighted by atomic mass is 10.1.